The van der Waals surface area contributed by atoms with E-state index in [2.05, 4.69) is 15.9 Å². The molecule has 0 bridgehead atoms. The molecule has 0 aliphatic rings. The van der Waals surface area contributed by atoms with Crippen LogP contribution in [0.1, 0.15) is 11.1 Å². The predicted octanol–water partition coefficient (Wildman–Crippen LogP) is 4.31. The third-order valence-electron chi connectivity index (χ3n) is 2.67. The lowest BCUT2D eigenvalue weighted by Gasteiger charge is -2.12. The van der Waals surface area contributed by atoms with Gasteiger partial charge in [-0.1, -0.05) is 34.1 Å². The molecule has 2 aromatic carbocycles. The van der Waals surface area contributed by atoms with Gasteiger partial charge in [-0.25, -0.2) is 4.39 Å². The van der Waals surface area contributed by atoms with E-state index in [9.17, 15) is 4.39 Å². The van der Waals surface area contributed by atoms with Crippen molar-refractivity contribution in [3.8, 4) is 11.5 Å². The summed E-state index contributed by atoms with van der Waals surface area (Å²) in [6, 6.07) is 12.1. The second-order valence-corrected chi connectivity index (χ2v) is 4.60. The number of ether oxygens (including phenoxy) is 2. The Kier molecular flexibility index (Phi) is 4.80. The molecule has 0 aromatic heterocycles. The number of halogens is 2. The van der Waals surface area contributed by atoms with Gasteiger partial charge in [0.2, 0.25) is 0 Å². The van der Waals surface area contributed by atoms with Gasteiger partial charge in [-0.3, -0.25) is 0 Å². The van der Waals surface area contributed by atoms with Gasteiger partial charge in [0.05, 0.1) is 7.11 Å². The zero-order valence-electron chi connectivity index (χ0n) is 10.5. The van der Waals surface area contributed by atoms with Crippen molar-refractivity contribution < 1.29 is 13.9 Å². The topological polar surface area (TPSA) is 18.5 Å². The van der Waals surface area contributed by atoms with Crippen molar-refractivity contribution in [1.29, 1.82) is 0 Å². The van der Waals surface area contributed by atoms with E-state index in [0.717, 1.165) is 16.5 Å². The second kappa shape index (κ2) is 6.57. The van der Waals surface area contributed by atoms with Gasteiger partial charge in [0.25, 0.3) is 0 Å². The molecule has 2 nitrogen and oxygen atoms in total. The van der Waals surface area contributed by atoms with Gasteiger partial charge in [0.1, 0.15) is 12.4 Å². The molecule has 4 heteroatoms. The number of hydrogen-bond donors (Lipinski definition) is 0. The van der Waals surface area contributed by atoms with E-state index < -0.39 is 0 Å². The Morgan fingerprint density at radius 2 is 1.89 bits per heavy atom. The summed E-state index contributed by atoms with van der Waals surface area (Å²) < 4.78 is 24.0. The summed E-state index contributed by atoms with van der Waals surface area (Å²) in [6.07, 6.45) is 0. The fraction of sp³-hybridized carbons (Fsp3) is 0.200. The number of rotatable bonds is 5. The van der Waals surface area contributed by atoms with E-state index in [0.29, 0.717) is 18.1 Å². The first kappa shape index (κ1) is 13.9. The van der Waals surface area contributed by atoms with Gasteiger partial charge in [-0.2, -0.15) is 0 Å². The van der Waals surface area contributed by atoms with Crippen molar-refractivity contribution in [3.63, 3.8) is 0 Å². The van der Waals surface area contributed by atoms with Crippen molar-refractivity contribution >= 4 is 15.9 Å². The number of methoxy groups -OCH3 is 1. The maximum absolute atomic E-state index is 13.1. The van der Waals surface area contributed by atoms with Crippen LogP contribution in [0.4, 0.5) is 4.39 Å². The first-order valence-electron chi connectivity index (χ1n) is 5.83. The molecule has 0 spiro atoms. The van der Waals surface area contributed by atoms with Gasteiger partial charge in [-0.05, 0) is 35.4 Å². The van der Waals surface area contributed by atoms with Crippen LogP contribution in [0, 0.1) is 5.82 Å². The average Bonchev–Trinajstić information content (AvgIpc) is 2.45. The molecule has 0 unspecified atom stereocenters. The molecular formula is C15H14BrFO2. The first-order chi connectivity index (χ1) is 9.22. The summed E-state index contributed by atoms with van der Waals surface area (Å²) in [6.45, 7) is 0.305. The van der Waals surface area contributed by atoms with E-state index in [-0.39, 0.29) is 5.82 Å². The van der Waals surface area contributed by atoms with Crippen LogP contribution in [0.15, 0.2) is 42.5 Å². The molecule has 0 aliphatic heterocycles. The third-order valence-corrected chi connectivity index (χ3v) is 3.31. The highest BCUT2D eigenvalue weighted by Gasteiger charge is 2.06. The molecule has 0 amide bonds. The highest BCUT2D eigenvalue weighted by atomic mass is 79.9. The SMILES string of the molecule is COc1ccc(CBr)cc1OCc1cccc(F)c1. The molecule has 0 heterocycles. The van der Waals surface area contributed by atoms with Gasteiger partial charge in [0, 0.05) is 5.33 Å². The Morgan fingerprint density at radius 1 is 1.05 bits per heavy atom. The molecule has 0 radical (unpaired) electrons. The molecule has 0 atom stereocenters. The minimum absolute atomic E-state index is 0.262. The summed E-state index contributed by atoms with van der Waals surface area (Å²) in [7, 11) is 1.60. The molecule has 2 rings (SSSR count). The van der Waals surface area contributed by atoms with Gasteiger partial charge in [0.15, 0.2) is 11.5 Å². The second-order valence-electron chi connectivity index (χ2n) is 4.04. The lowest BCUT2D eigenvalue weighted by atomic mass is 10.2. The lowest BCUT2D eigenvalue weighted by molar-refractivity contribution is 0.284. The minimum Gasteiger partial charge on any atom is -0.493 e. The van der Waals surface area contributed by atoms with Crippen LogP contribution in [0.2, 0.25) is 0 Å². The van der Waals surface area contributed by atoms with Crippen LogP contribution < -0.4 is 9.47 Å². The Labute approximate surface area is 120 Å². The molecule has 0 fully saturated rings. The van der Waals surface area contributed by atoms with Crippen molar-refractivity contribution in [2.75, 3.05) is 7.11 Å². The normalized spacial score (nSPS) is 10.3. The standard InChI is InChI=1S/C15H14BrFO2/c1-18-14-6-5-11(9-16)8-15(14)19-10-12-3-2-4-13(17)7-12/h2-8H,9-10H2,1H3. The number of alkyl halides is 1. The van der Waals surface area contributed by atoms with Crippen LogP contribution in [0.3, 0.4) is 0 Å². The maximum atomic E-state index is 13.1. The average molecular weight is 325 g/mol. The molecule has 0 saturated carbocycles. The largest absolute Gasteiger partial charge is 0.493 e. The van der Waals surface area contributed by atoms with E-state index in [4.69, 9.17) is 9.47 Å². The van der Waals surface area contributed by atoms with Crippen molar-refractivity contribution in [2.45, 2.75) is 11.9 Å². The molecule has 0 saturated heterocycles. The maximum Gasteiger partial charge on any atom is 0.161 e. The van der Waals surface area contributed by atoms with Crippen LogP contribution in [0.25, 0.3) is 0 Å². The number of hydrogen-bond acceptors (Lipinski definition) is 2. The molecule has 100 valence electrons. The van der Waals surface area contributed by atoms with E-state index >= 15 is 0 Å². The fourth-order valence-corrected chi connectivity index (χ4v) is 2.05. The van der Waals surface area contributed by atoms with Crippen LogP contribution in [-0.2, 0) is 11.9 Å². The van der Waals surface area contributed by atoms with E-state index in [1.807, 2.05) is 24.3 Å². The summed E-state index contributed by atoms with van der Waals surface area (Å²) in [5, 5.41) is 0.743. The zero-order valence-corrected chi connectivity index (χ0v) is 12.1. The highest BCUT2D eigenvalue weighted by Crippen LogP contribution is 2.29. The Bertz CT molecular complexity index is 558. The quantitative estimate of drug-likeness (QED) is 0.763. The monoisotopic (exact) mass is 324 g/mol. The summed E-state index contributed by atoms with van der Waals surface area (Å²) in [5.74, 6) is 1.06. The Balaban J connectivity index is 2.14. The summed E-state index contributed by atoms with van der Waals surface area (Å²) >= 11 is 3.40. The molecule has 19 heavy (non-hydrogen) atoms. The smallest absolute Gasteiger partial charge is 0.161 e. The van der Waals surface area contributed by atoms with Crippen molar-refractivity contribution in [3.05, 3.63) is 59.4 Å². The summed E-state index contributed by atoms with van der Waals surface area (Å²) in [5.41, 5.74) is 1.88. The predicted molar refractivity (Wildman–Crippen MR) is 76.4 cm³/mol. The Hall–Kier alpha value is -1.55. The zero-order chi connectivity index (χ0) is 13.7. The van der Waals surface area contributed by atoms with E-state index in [1.165, 1.54) is 12.1 Å². The van der Waals surface area contributed by atoms with Gasteiger partial charge >= 0.3 is 0 Å². The highest BCUT2D eigenvalue weighted by molar-refractivity contribution is 9.08. The van der Waals surface area contributed by atoms with E-state index in [1.54, 1.807) is 13.2 Å². The van der Waals surface area contributed by atoms with Gasteiger partial charge < -0.3 is 9.47 Å². The Morgan fingerprint density at radius 3 is 2.58 bits per heavy atom. The summed E-state index contributed by atoms with van der Waals surface area (Å²) in [4.78, 5) is 0. The van der Waals surface area contributed by atoms with Gasteiger partial charge in [-0.15, -0.1) is 0 Å². The van der Waals surface area contributed by atoms with Crippen molar-refractivity contribution in [1.82, 2.24) is 0 Å². The molecule has 2 aromatic rings. The molecular weight excluding hydrogens is 311 g/mol. The first-order valence-corrected chi connectivity index (χ1v) is 6.95. The minimum atomic E-state index is -0.262. The van der Waals surface area contributed by atoms with Crippen LogP contribution >= 0.6 is 15.9 Å². The molecule has 0 aliphatic carbocycles. The van der Waals surface area contributed by atoms with Crippen LogP contribution in [0.5, 0.6) is 11.5 Å². The number of benzene rings is 2. The lowest BCUT2D eigenvalue weighted by Crippen LogP contribution is -1.98. The van der Waals surface area contributed by atoms with Crippen LogP contribution in [-0.4, -0.2) is 7.11 Å². The third kappa shape index (κ3) is 3.70. The van der Waals surface area contributed by atoms with Crippen molar-refractivity contribution in [2.24, 2.45) is 0 Å². The fourth-order valence-electron chi connectivity index (χ4n) is 1.70. The molecule has 0 N–H and O–H groups in total.